The molecule has 1 aromatic carbocycles. The van der Waals surface area contributed by atoms with Gasteiger partial charge < -0.3 is 18.9 Å². The predicted octanol–water partition coefficient (Wildman–Crippen LogP) is 8.29. The molecule has 1 aliphatic heterocycles. The van der Waals surface area contributed by atoms with Crippen molar-refractivity contribution in [2.24, 2.45) is 0 Å². The van der Waals surface area contributed by atoms with Gasteiger partial charge in [0.15, 0.2) is 5.13 Å². The Balaban J connectivity index is 1.46. The topological polar surface area (TPSA) is 74.4 Å². The number of hydrogen-bond acceptors (Lipinski definition) is 6. The molecule has 11 heteroatoms. The molecular weight excluding hydrogens is 594 g/mol. The van der Waals surface area contributed by atoms with E-state index in [1.165, 1.54) is 0 Å². The van der Waals surface area contributed by atoms with Crippen LogP contribution >= 0.6 is 11.3 Å². The van der Waals surface area contributed by atoms with E-state index in [0.717, 1.165) is 78.7 Å². The van der Waals surface area contributed by atoms with Gasteiger partial charge in [0.05, 0.1) is 18.8 Å². The van der Waals surface area contributed by atoms with Crippen LogP contribution in [0.3, 0.4) is 0 Å². The summed E-state index contributed by atoms with van der Waals surface area (Å²) in [7, 11) is -1.20. The number of rotatable bonds is 7. The number of nitrogens with zero attached hydrogens (tertiary/aromatic N) is 5. The van der Waals surface area contributed by atoms with Crippen LogP contribution in [0.15, 0.2) is 42.7 Å². The molecule has 0 saturated carbocycles. The number of pyridine rings is 1. The summed E-state index contributed by atoms with van der Waals surface area (Å²) < 4.78 is 30.9. The largest absolute Gasteiger partial charge is 0.444 e. The smallest absolute Gasteiger partial charge is 0.410 e. The Morgan fingerprint density at radius 2 is 1.93 bits per heavy atom. The first kappa shape index (κ1) is 30.5. The lowest BCUT2D eigenvalue weighted by molar-refractivity contribution is 0.0195. The van der Waals surface area contributed by atoms with Gasteiger partial charge in [-0.2, -0.15) is 9.49 Å². The summed E-state index contributed by atoms with van der Waals surface area (Å²) in [6, 6.07) is 10.6. The molecule has 8 nitrogen and oxygen atoms in total. The fraction of sp³-hybridized carbons (Fsp3) is 0.424. The summed E-state index contributed by atoms with van der Waals surface area (Å²) in [6.45, 7) is 17.3. The van der Waals surface area contributed by atoms with Crippen LogP contribution in [-0.2, 0) is 29.3 Å². The second kappa shape index (κ2) is 11.4. The fourth-order valence-corrected chi connectivity index (χ4v) is 7.28. The zero-order valence-corrected chi connectivity index (χ0v) is 28.3. The lowest BCUT2D eigenvalue weighted by Crippen LogP contribution is -2.41. The summed E-state index contributed by atoms with van der Waals surface area (Å²) in [5.74, 6) is 0. The third-order valence-electron chi connectivity index (χ3n) is 7.84. The van der Waals surface area contributed by atoms with Gasteiger partial charge in [0.25, 0.3) is 0 Å². The first-order chi connectivity index (χ1) is 20.8. The number of benzene rings is 1. The molecule has 0 bridgehead atoms. The van der Waals surface area contributed by atoms with E-state index in [2.05, 4.69) is 37.3 Å². The van der Waals surface area contributed by atoms with E-state index in [1.807, 2.05) is 55.9 Å². The van der Waals surface area contributed by atoms with Gasteiger partial charge in [-0.3, -0.25) is 4.68 Å². The average molecular weight is 634 g/mol. The zero-order chi connectivity index (χ0) is 31.4. The molecule has 0 fully saturated rings. The summed E-state index contributed by atoms with van der Waals surface area (Å²) in [5.41, 5.74) is 5.90. The molecule has 1 amide bonds. The van der Waals surface area contributed by atoms with E-state index in [4.69, 9.17) is 19.6 Å². The molecular formula is C33H40FN5O3SSi. The minimum atomic E-state index is -1.20. The minimum Gasteiger partial charge on any atom is -0.444 e. The Kier molecular flexibility index (Phi) is 7.92. The fourth-order valence-electron chi connectivity index (χ4n) is 5.70. The monoisotopic (exact) mass is 633 g/mol. The molecule has 6 rings (SSSR count). The summed E-state index contributed by atoms with van der Waals surface area (Å²) in [4.78, 5) is 19.7. The summed E-state index contributed by atoms with van der Waals surface area (Å²) in [5, 5.41) is 6.78. The number of fused-ring (bicyclic) bond motifs is 3. The maximum absolute atomic E-state index is 14.1. The van der Waals surface area contributed by atoms with Crippen molar-refractivity contribution in [1.82, 2.24) is 24.2 Å². The molecule has 4 aromatic heterocycles. The Labute approximate surface area is 262 Å². The van der Waals surface area contributed by atoms with Crippen molar-refractivity contribution in [3.63, 3.8) is 0 Å². The molecule has 0 atom stereocenters. The SMILES string of the molecule is Cc1cn(COCC[Si](C)(C)C)c2nccc(-c3c(-c4ccc5cc(F)sc5c4)nn4c3CN(C(=O)OC(C)(C)C)CC4)c12. The van der Waals surface area contributed by atoms with Crippen LogP contribution in [0.25, 0.3) is 43.5 Å². The van der Waals surface area contributed by atoms with Crippen LogP contribution < -0.4 is 0 Å². The van der Waals surface area contributed by atoms with Crippen molar-refractivity contribution in [2.75, 3.05) is 13.2 Å². The van der Waals surface area contributed by atoms with Gasteiger partial charge in [0, 0.05) is 54.8 Å². The first-order valence-corrected chi connectivity index (χ1v) is 19.6. The molecule has 0 saturated heterocycles. The van der Waals surface area contributed by atoms with Gasteiger partial charge in [-0.1, -0.05) is 31.8 Å². The van der Waals surface area contributed by atoms with Crippen molar-refractivity contribution in [2.45, 2.75) is 78.8 Å². The molecule has 0 unspecified atom stereocenters. The summed E-state index contributed by atoms with van der Waals surface area (Å²) in [6.07, 6.45) is 3.58. The number of thiophene rings is 1. The van der Waals surface area contributed by atoms with E-state index in [9.17, 15) is 9.18 Å². The van der Waals surface area contributed by atoms with Crippen LogP contribution in [0.4, 0.5) is 9.18 Å². The number of halogens is 1. The van der Waals surface area contributed by atoms with Crippen LogP contribution in [-0.4, -0.2) is 57.2 Å². The number of amides is 1. The quantitative estimate of drug-likeness (QED) is 0.133. The molecule has 0 radical (unpaired) electrons. The molecule has 232 valence electrons. The number of hydrogen-bond donors (Lipinski definition) is 0. The van der Waals surface area contributed by atoms with E-state index < -0.39 is 13.7 Å². The average Bonchev–Trinajstić information content (AvgIpc) is 3.60. The van der Waals surface area contributed by atoms with E-state index in [0.29, 0.717) is 26.4 Å². The van der Waals surface area contributed by atoms with E-state index >= 15 is 0 Å². The Bertz CT molecular complexity index is 1860. The Morgan fingerprint density at radius 1 is 1.14 bits per heavy atom. The molecule has 0 aliphatic carbocycles. The molecule has 0 N–H and O–H groups in total. The maximum Gasteiger partial charge on any atom is 0.410 e. The van der Waals surface area contributed by atoms with Gasteiger partial charge in [-0.05, 0) is 68.5 Å². The standard InChI is InChI=1S/C33H40FN5O3SSi/c1-21-18-38(20-41-14-15-44(5,6)7)31-28(21)24(10-11-35-31)29-25-19-37(32(40)42-33(2,3)4)12-13-39(25)36-30(29)23-9-8-22-17-27(34)43-26(22)16-23/h8-11,16-18H,12-15,19-20H2,1-7H3. The number of carbonyl (C=O) groups excluding carboxylic acids is 1. The highest BCUT2D eigenvalue weighted by molar-refractivity contribution is 7.17. The van der Waals surface area contributed by atoms with Gasteiger partial charge in [0.1, 0.15) is 23.7 Å². The first-order valence-electron chi connectivity index (χ1n) is 15.1. The predicted molar refractivity (Wildman–Crippen MR) is 177 cm³/mol. The highest BCUT2D eigenvalue weighted by atomic mass is 32.1. The minimum absolute atomic E-state index is 0.214. The molecule has 1 aliphatic rings. The van der Waals surface area contributed by atoms with Crippen LogP contribution in [0.5, 0.6) is 0 Å². The van der Waals surface area contributed by atoms with Crippen molar-refractivity contribution in [3.8, 4) is 22.4 Å². The highest BCUT2D eigenvalue weighted by Gasteiger charge is 2.32. The van der Waals surface area contributed by atoms with Crippen LogP contribution in [0.1, 0.15) is 32.0 Å². The van der Waals surface area contributed by atoms with Crippen molar-refractivity contribution >= 4 is 46.6 Å². The van der Waals surface area contributed by atoms with Crippen molar-refractivity contribution in [3.05, 3.63) is 59.1 Å². The van der Waals surface area contributed by atoms with Gasteiger partial charge >= 0.3 is 6.09 Å². The van der Waals surface area contributed by atoms with Gasteiger partial charge in [-0.15, -0.1) is 11.3 Å². The second-order valence-corrected chi connectivity index (χ2v) is 20.4. The number of aromatic nitrogens is 4. The van der Waals surface area contributed by atoms with Crippen molar-refractivity contribution < 1.29 is 18.7 Å². The zero-order valence-electron chi connectivity index (χ0n) is 26.5. The lowest BCUT2D eigenvalue weighted by atomic mass is 9.95. The highest BCUT2D eigenvalue weighted by Crippen LogP contribution is 2.42. The lowest BCUT2D eigenvalue weighted by Gasteiger charge is -2.31. The normalized spacial score (nSPS) is 14.0. The Hall–Kier alpha value is -3.54. The van der Waals surface area contributed by atoms with Gasteiger partial charge in [-0.25, -0.2) is 9.78 Å². The third kappa shape index (κ3) is 6.18. The third-order valence-corrected chi connectivity index (χ3v) is 10.4. The maximum atomic E-state index is 14.1. The molecule has 44 heavy (non-hydrogen) atoms. The number of carbonyl (C=O) groups is 1. The number of ether oxygens (including phenoxy) is 2. The van der Waals surface area contributed by atoms with Crippen LogP contribution in [0, 0.1) is 12.1 Å². The molecule has 5 heterocycles. The second-order valence-electron chi connectivity index (χ2n) is 13.8. The van der Waals surface area contributed by atoms with Crippen molar-refractivity contribution in [1.29, 1.82) is 0 Å². The van der Waals surface area contributed by atoms with E-state index in [-0.39, 0.29) is 11.2 Å². The van der Waals surface area contributed by atoms with Crippen LogP contribution in [0.2, 0.25) is 25.7 Å². The number of aryl methyl sites for hydroxylation is 1. The molecule has 5 aromatic rings. The molecule has 0 spiro atoms. The summed E-state index contributed by atoms with van der Waals surface area (Å²) >= 11 is 1.13. The van der Waals surface area contributed by atoms with Gasteiger partial charge in [0.2, 0.25) is 0 Å². The Morgan fingerprint density at radius 3 is 2.68 bits per heavy atom. The van der Waals surface area contributed by atoms with E-state index in [1.54, 1.807) is 11.0 Å².